The maximum atomic E-state index is 13.9. The third-order valence-corrected chi connectivity index (χ3v) is 7.76. The van der Waals surface area contributed by atoms with Gasteiger partial charge in [-0.05, 0) is 62.6 Å². The third-order valence-electron chi connectivity index (χ3n) is 7.46. The number of imide groups is 1. The predicted octanol–water partition coefficient (Wildman–Crippen LogP) is 3.39. The van der Waals surface area contributed by atoms with E-state index in [0.29, 0.717) is 22.9 Å². The van der Waals surface area contributed by atoms with Gasteiger partial charge in [-0.25, -0.2) is 4.90 Å². The molecule has 4 aliphatic rings. The van der Waals surface area contributed by atoms with Crippen LogP contribution in [0.25, 0.3) is 0 Å². The maximum Gasteiger partial charge on any atom is 0.250 e. The number of carbonyl (C=O) groups excluding carboxylic acids is 3. The molecule has 4 heterocycles. The van der Waals surface area contributed by atoms with Crippen LogP contribution in [-0.2, 0) is 19.9 Å². The molecule has 1 spiro atoms. The van der Waals surface area contributed by atoms with Gasteiger partial charge in [-0.3, -0.25) is 19.3 Å². The lowest BCUT2D eigenvalue weighted by atomic mass is 9.75. The van der Waals surface area contributed by atoms with Gasteiger partial charge in [0.25, 0.3) is 5.91 Å². The van der Waals surface area contributed by atoms with Crippen molar-refractivity contribution < 1.29 is 14.4 Å². The van der Waals surface area contributed by atoms with Gasteiger partial charge in [0.2, 0.25) is 11.8 Å². The highest BCUT2D eigenvalue weighted by atomic mass is 35.5. The Balaban J connectivity index is 1.58. The van der Waals surface area contributed by atoms with E-state index >= 15 is 0 Å². The summed E-state index contributed by atoms with van der Waals surface area (Å²) in [6.45, 7) is 4.54. The number of rotatable bonds is 1. The molecule has 0 unspecified atom stereocenters. The van der Waals surface area contributed by atoms with Gasteiger partial charge in [0.1, 0.15) is 5.54 Å². The molecule has 31 heavy (non-hydrogen) atoms. The van der Waals surface area contributed by atoms with Gasteiger partial charge >= 0.3 is 0 Å². The number of hydrogen-bond acceptors (Lipinski definition) is 4. The fourth-order valence-electron chi connectivity index (χ4n) is 6.42. The molecule has 0 saturated carbocycles. The van der Waals surface area contributed by atoms with Gasteiger partial charge in [0, 0.05) is 11.6 Å². The van der Waals surface area contributed by atoms with Crippen LogP contribution in [0.5, 0.6) is 0 Å². The second-order valence-corrected chi connectivity index (χ2v) is 9.55. The number of aryl methyl sites for hydroxylation is 2. The smallest absolute Gasteiger partial charge is 0.250 e. The number of fused-ring (bicyclic) bond motifs is 7. The van der Waals surface area contributed by atoms with E-state index in [1.807, 2.05) is 44.2 Å². The molecule has 4 atom stereocenters. The standard InChI is InChI=1S/C24H22ClN3O3/c1-12-5-3-6-14(9-12)28-21(29)18-17-7-4-8-27(17)24(19(18)22(28)30)15-10-13(2)11-16(25)20(15)26-23(24)31/h3,5-6,9-11,17-19H,4,7-8H2,1-2H3,(H,26,31)/t17-,18+,19-,24+/m0/s1. The lowest BCUT2D eigenvalue weighted by Crippen LogP contribution is -2.54. The summed E-state index contributed by atoms with van der Waals surface area (Å²) in [6.07, 6.45) is 1.69. The molecular formula is C24H22ClN3O3. The fraction of sp³-hybridized carbons (Fsp3) is 0.375. The molecule has 2 aromatic rings. The first-order valence-corrected chi connectivity index (χ1v) is 11.1. The molecule has 0 aromatic heterocycles. The number of nitrogens with zero attached hydrogens (tertiary/aromatic N) is 2. The third kappa shape index (κ3) is 2.19. The van der Waals surface area contributed by atoms with Crippen molar-refractivity contribution in [1.82, 2.24) is 4.90 Å². The van der Waals surface area contributed by atoms with E-state index in [4.69, 9.17) is 11.6 Å². The van der Waals surface area contributed by atoms with E-state index in [1.54, 1.807) is 6.07 Å². The molecule has 2 aromatic carbocycles. The van der Waals surface area contributed by atoms with Crippen LogP contribution in [0.15, 0.2) is 36.4 Å². The summed E-state index contributed by atoms with van der Waals surface area (Å²) in [5.74, 6) is -2.04. The molecular weight excluding hydrogens is 414 g/mol. The van der Waals surface area contributed by atoms with Gasteiger partial charge in [0.15, 0.2) is 0 Å². The molecule has 3 saturated heterocycles. The van der Waals surface area contributed by atoms with Crippen molar-refractivity contribution in [3.8, 4) is 0 Å². The Labute approximate surface area is 185 Å². The Morgan fingerprint density at radius 3 is 2.65 bits per heavy atom. The van der Waals surface area contributed by atoms with Crippen molar-refractivity contribution in [3.63, 3.8) is 0 Å². The van der Waals surface area contributed by atoms with Gasteiger partial charge in [0.05, 0.1) is 28.2 Å². The molecule has 158 valence electrons. The normalized spacial score (nSPS) is 31.4. The quantitative estimate of drug-likeness (QED) is 0.697. The zero-order chi connectivity index (χ0) is 21.7. The summed E-state index contributed by atoms with van der Waals surface area (Å²) >= 11 is 6.50. The summed E-state index contributed by atoms with van der Waals surface area (Å²) in [5.41, 5.74) is 2.57. The van der Waals surface area contributed by atoms with Gasteiger partial charge < -0.3 is 5.32 Å². The van der Waals surface area contributed by atoms with Crippen LogP contribution in [0, 0.1) is 25.7 Å². The minimum absolute atomic E-state index is 0.132. The molecule has 6 nitrogen and oxygen atoms in total. The van der Waals surface area contributed by atoms with E-state index in [0.717, 1.165) is 29.5 Å². The number of hydrogen-bond donors (Lipinski definition) is 1. The van der Waals surface area contributed by atoms with Crippen LogP contribution in [0.2, 0.25) is 5.02 Å². The van der Waals surface area contributed by atoms with Gasteiger partial charge in [-0.1, -0.05) is 29.8 Å². The number of nitrogens with one attached hydrogen (secondary N) is 1. The largest absolute Gasteiger partial charge is 0.323 e. The lowest BCUT2D eigenvalue weighted by Gasteiger charge is -2.36. The average molecular weight is 436 g/mol. The fourth-order valence-corrected chi connectivity index (χ4v) is 6.74. The highest BCUT2D eigenvalue weighted by Crippen LogP contribution is 2.61. The number of amides is 3. The SMILES string of the molecule is Cc1cccc(N2C(=O)[C@H]3[C@@H](C2=O)[C@]2(C(=O)Nc4c(Cl)cc(C)cc42)N2CCC[C@@H]32)c1. The summed E-state index contributed by atoms with van der Waals surface area (Å²) in [5, 5.41) is 3.42. The average Bonchev–Trinajstić information content (AvgIpc) is 3.41. The summed E-state index contributed by atoms with van der Waals surface area (Å²) < 4.78 is 0. The van der Waals surface area contributed by atoms with E-state index in [-0.39, 0.29) is 23.8 Å². The first-order chi connectivity index (χ1) is 14.9. The molecule has 0 aliphatic carbocycles. The Morgan fingerprint density at radius 2 is 1.87 bits per heavy atom. The predicted molar refractivity (Wildman–Crippen MR) is 117 cm³/mol. The van der Waals surface area contributed by atoms with Crippen LogP contribution in [0.1, 0.15) is 29.5 Å². The lowest BCUT2D eigenvalue weighted by molar-refractivity contribution is -0.135. The van der Waals surface area contributed by atoms with Crippen LogP contribution >= 0.6 is 11.6 Å². The van der Waals surface area contributed by atoms with E-state index < -0.39 is 17.4 Å². The van der Waals surface area contributed by atoms with E-state index in [2.05, 4.69) is 10.2 Å². The zero-order valence-corrected chi connectivity index (χ0v) is 18.1. The van der Waals surface area contributed by atoms with E-state index in [1.165, 1.54) is 4.90 Å². The summed E-state index contributed by atoms with van der Waals surface area (Å²) in [7, 11) is 0. The van der Waals surface area contributed by atoms with Crippen molar-refractivity contribution in [1.29, 1.82) is 0 Å². The molecule has 7 heteroatoms. The Kier molecular flexibility index (Phi) is 3.79. The van der Waals surface area contributed by atoms with E-state index in [9.17, 15) is 14.4 Å². The highest BCUT2D eigenvalue weighted by molar-refractivity contribution is 6.35. The summed E-state index contributed by atoms with van der Waals surface area (Å²) in [4.78, 5) is 44.6. The van der Waals surface area contributed by atoms with Crippen molar-refractivity contribution in [2.75, 3.05) is 16.8 Å². The minimum atomic E-state index is -1.19. The topological polar surface area (TPSA) is 69.7 Å². The molecule has 1 N–H and O–H groups in total. The monoisotopic (exact) mass is 435 g/mol. The Morgan fingerprint density at radius 1 is 1.06 bits per heavy atom. The summed E-state index contributed by atoms with van der Waals surface area (Å²) in [6, 6.07) is 11.0. The van der Waals surface area contributed by atoms with Crippen LogP contribution < -0.4 is 10.2 Å². The zero-order valence-electron chi connectivity index (χ0n) is 17.3. The molecule has 0 bridgehead atoms. The molecule has 3 amide bonds. The van der Waals surface area contributed by atoms with Gasteiger partial charge in [-0.2, -0.15) is 0 Å². The second-order valence-electron chi connectivity index (χ2n) is 9.15. The molecule has 0 radical (unpaired) electrons. The van der Waals surface area contributed by atoms with Crippen molar-refractivity contribution in [2.24, 2.45) is 11.8 Å². The molecule has 4 aliphatic heterocycles. The van der Waals surface area contributed by atoms with Gasteiger partial charge in [-0.15, -0.1) is 0 Å². The van der Waals surface area contributed by atoms with Crippen molar-refractivity contribution >= 4 is 40.7 Å². The first-order valence-electron chi connectivity index (χ1n) is 10.7. The first kappa shape index (κ1) is 19.0. The maximum absolute atomic E-state index is 13.9. The Hall–Kier alpha value is -2.70. The minimum Gasteiger partial charge on any atom is -0.323 e. The molecule has 6 rings (SSSR count). The number of benzene rings is 2. The van der Waals surface area contributed by atoms with Crippen LogP contribution in [-0.4, -0.2) is 35.2 Å². The van der Waals surface area contributed by atoms with Crippen LogP contribution in [0.3, 0.4) is 0 Å². The highest BCUT2D eigenvalue weighted by Gasteiger charge is 2.74. The molecule has 3 fully saturated rings. The second kappa shape index (κ2) is 6.17. The number of anilines is 2. The Bertz CT molecular complexity index is 1190. The number of carbonyl (C=O) groups is 3. The van der Waals surface area contributed by atoms with Crippen LogP contribution in [0.4, 0.5) is 11.4 Å². The van der Waals surface area contributed by atoms with Crippen molar-refractivity contribution in [3.05, 3.63) is 58.1 Å². The van der Waals surface area contributed by atoms with Crippen molar-refractivity contribution in [2.45, 2.75) is 38.3 Å². The number of halogens is 1.